The van der Waals surface area contributed by atoms with Gasteiger partial charge in [-0.2, -0.15) is 11.8 Å². The van der Waals surface area contributed by atoms with E-state index in [0.717, 1.165) is 19.5 Å². The number of para-hydroxylation sites is 1. The van der Waals surface area contributed by atoms with Gasteiger partial charge in [0, 0.05) is 18.3 Å². The van der Waals surface area contributed by atoms with E-state index in [9.17, 15) is 4.79 Å². The number of amides is 1. The van der Waals surface area contributed by atoms with Gasteiger partial charge in [-0.15, -0.1) is 0 Å². The summed E-state index contributed by atoms with van der Waals surface area (Å²) in [4.78, 5) is 14.4. The van der Waals surface area contributed by atoms with E-state index in [1.54, 1.807) is 0 Å². The second-order valence-corrected chi connectivity index (χ2v) is 5.46. The zero-order valence-electron chi connectivity index (χ0n) is 10.9. The summed E-state index contributed by atoms with van der Waals surface area (Å²) < 4.78 is 5.52. The molecule has 4 heteroatoms. The summed E-state index contributed by atoms with van der Waals surface area (Å²) in [7, 11) is 0. The van der Waals surface area contributed by atoms with Crippen molar-refractivity contribution in [3.8, 4) is 5.75 Å². The molecule has 3 nitrogen and oxygen atoms in total. The summed E-state index contributed by atoms with van der Waals surface area (Å²) in [5.74, 6) is 0.785. The fourth-order valence-corrected chi connectivity index (χ4v) is 2.87. The number of hydrogen-bond donors (Lipinski definition) is 0. The number of benzene rings is 1. The van der Waals surface area contributed by atoms with E-state index in [1.807, 2.05) is 47.9 Å². The van der Waals surface area contributed by atoms with Gasteiger partial charge in [-0.05, 0) is 31.7 Å². The summed E-state index contributed by atoms with van der Waals surface area (Å²) in [5.41, 5.74) is 0.682. The molecule has 2 rings (SSSR count). The number of hydrogen-bond acceptors (Lipinski definition) is 3. The molecule has 1 aliphatic rings. The van der Waals surface area contributed by atoms with Crippen molar-refractivity contribution < 1.29 is 9.53 Å². The summed E-state index contributed by atoms with van der Waals surface area (Å²) in [5, 5.41) is 0.577. The van der Waals surface area contributed by atoms with Gasteiger partial charge < -0.3 is 9.64 Å². The molecule has 1 aliphatic heterocycles. The van der Waals surface area contributed by atoms with Crippen LogP contribution in [0.15, 0.2) is 24.3 Å². The second kappa shape index (κ2) is 6.14. The molecule has 1 fully saturated rings. The van der Waals surface area contributed by atoms with Crippen LogP contribution in [0.3, 0.4) is 0 Å². The van der Waals surface area contributed by atoms with E-state index in [2.05, 4.69) is 6.26 Å². The third-order valence-corrected chi connectivity index (χ3v) is 4.23. The number of carbonyl (C=O) groups excluding carboxylic acids is 1. The highest BCUT2D eigenvalue weighted by Gasteiger charge is 2.27. The van der Waals surface area contributed by atoms with Crippen molar-refractivity contribution in [3.63, 3.8) is 0 Å². The Balaban J connectivity index is 2.14. The Morgan fingerprint density at radius 1 is 1.50 bits per heavy atom. The Morgan fingerprint density at radius 3 is 2.94 bits per heavy atom. The van der Waals surface area contributed by atoms with Crippen molar-refractivity contribution >= 4 is 17.7 Å². The Morgan fingerprint density at radius 2 is 2.28 bits per heavy atom. The molecular weight excluding hydrogens is 246 g/mol. The monoisotopic (exact) mass is 265 g/mol. The number of rotatable bonds is 4. The molecule has 0 bridgehead atoms. The average Bonchev–Trinajstić information content (AvgIpc) is 2.88. The smallest absolute Gasteiger partial charge is 0.257 e. The predicted molar refractivity (Wildman–Crippen MR) is 75.4 cm³/mol. The standard InChI is InChI=1S/C14H19NO2S/c1-3-17-13-7-5-4-6-12(13)14(16)15-9-8-11(10-15)18-2/h4-7,11H,3,8-10H2,1-2H3/t11-/m0/s1. The molecule has 0 unspecified atom stereocenters. The number of ether oxygens (including phenoxy) is 1. The van der Waals surface area contributed by atoms with Crippen LogP contribution < -0.4 is 4.74 Å². The first-order valence-electron chi connectivity index (χ1n) is 6.30. The van der Waals surface area contributed by atoms with E-state index in [0.29, 0.717) is 23.2 Å². The van der Waals surface area contributed by atoms with E-state index < -0.39 is 0 Å². The zero-order chi connectivity index (χ0) is 13.0. The zero-order valence-corrected chi connectivity index (χ0v) is 11.7. The largest absolute Gasteiger partial charge is 0.493 e. The van der Waals surface area contributed by atoms with Gasteiger partial charge in [0.05, 0.1) is 12.2 Å². The van der Waals surface area contributed by atoms with E-state index in [-0.39, 0.29) is 5.91 Å². The molecule has 0 aromatic heterocycles. The minimum atomic E-state index is 0.0931. The van der Waals surface area contributed by atoms with Crippen molar-refractivity contribution in [3.05, 3.63) is 29.8 Å². The summed E-state index contributed by atoms with van der Waals surface area (Å²) in [6, 6.07) is 7.49. The van der Waals surface area contributed by atoms with Crippen LogP contribution in [0.1, 0.15) is 23.7 Å². The lowest BCUT2D eigenvalue weighted by atomic mass is 10.2. The van der Waals surface area contributed by atoms with Gasteiger partial charge >= 0.3 is 0 Å². The summed E-state index contributed by atoms with van der Waals surface area (Å²) >= 11 is 1.84. The van der Waals surface area contributed by atoms with E-state index in [1.165, 1.54) is 0 Å². The highest BCUT2D eigenvalue weighted by Crippen LogP contribution is 2.25. The van der Waals surface area contributed by atoms with E-state index >= 15 is 0 Å². The first-order chi connectivity index (χ1) is 8.76. The molecule has 0 radical (unpaired) electrons. The van der Waals surface area contributed by atoms with Crippen LogP contribution >= 0.6 is 11.8 Å². The first-order valence-corrected chi connectivity index (χ1v) is 7.59. The normalized spacial score (nSPS) is 19.0. The van der Waals surface area contributed by atoms with Crippen molar-refractivity contribution in [1.82, 2.24) is 4.90 Å². The average molecular weight is 265 g/mol. The van der Waals surface area contributed by atoms with Gasteiger partial charge in [-0.25, -0.2) is 0 Å². The Labute approximate surface area is 113 Å². The quantitative estimate of drug-likeness (QED) is 0.838. The Bertz CT molecular complexity index is 422. The maximum absolute atomic E-state index is 12.4. The maximum Gasteiger partial charge on any atom is 0.257 e. The van der Waals surface area contributed by atoms with Crippen molar-refractivity contribution in [2.24, 2.45) is 0 Å². The Kier molecular flexibility index (Phi) is 4.53. The molecule has 1 aromatic carbocycles. The van der Waals surface area contributed by atoms with Crippen LogP contribution in [0.25, 0.3) is 0 Å². The molecule has 1 heterocycles. The third-order valence-electron chi connectivity index (χ3n) is 3.18. The molecule has 1 amide bonds. The van der Waals surface area contributed by atoms with E-state index in [4.69, 9.17) is 4.74 Å². The first kappa shape index (κ1) is 13.3. The minimum absolute atomic E-state index is 0.0931. The predicted octanol–water partition coefficient (Wildman–Crippen LogP) is 2.66. The molecule has 1 atom stereocenters. The van der Waals surface area contributed by atoms with Crippen LogP contribution in [0.5, 0.6) is 5.75 Å². The van der Waals surface area contributed by atoms with Crippen LogP contribution in [-0.4, -0.2) is 42.0 Å². The molecule has 98 valence electrons. The molecule has 0 saturated carbocycles. The number of thioether (sulfide) groups is 1. The number of carbonyl (C=O) groups is 1. The molecule has 1 saturated heterocycles. The molecular formula is C14H19NO2S. The maximum atomic E-state index is 12.4. The Hall–Kier alpha value is -1.16. The number of nitrogens with zero attached hydrogens (tertiary/aromatic N) is 1. The summed E-state index contributed by atoms with van der Waals surface area (Å²) in [6.45, 7) is 4.21. The van der Waals surface area contributed by atoms with Crippen LogP contribution in [-0.2, 0) is 0 Å². The number of likely N-dealkylation sites (tertiary alicyclic amines) is 1. The summed E-state index contributed by atoms with van der Waals surface area (Å²) in [6.07, 6.45) is 3.19. The lowest BCUT2D eigenvalue weighted by molar-refractivity contribution is 0.0789. The highest BCUT2D eigenvalue weighted by atomic mass is 32.2. The van der Waals surface area contributed by atoms with Gasteiger partial charge in [0.25, 0.3) is 5.91 Å². The van der Waals surface area contributed by atoms with Crippen LogP contribution in [0, 0.1) is 0 Å². The van der Waals surface area contributed by atoms with Crippen molar-refractivity contribution in [1.29, 1.82) is 0 Å². The fourth-order valence-electron chi connectivity index (χ4n) is 2.20. The highest BCUT2D eigenvalue weighted by molar-refractivity contribution is 7.99. The topological polar surface area (TPSA) is 29.5 Å². The van der Waals surface area contributed by atoms with Gasteiger partial charge in [0.2, 0.25) is 0 Å². The minimum Gasteiger partial charge on any atom is -0.493 e. The van der Waals surface area contributed by atoms with Crippen LogP contribution in [0.2, 0.25) is 0 Å². The van der Waals surface area contributed by atoms with Gasteiger partial charge in [0.15, 0.2) is 0 Å². The van der Waals surface area contributed by atoms with Gasteiger partial charge in [-0.1, -0.05) is 12.1 Å². The second-order valence-electron chi connectivity index (χ2n) is 4.33. The lowest BCUT2D eigenvalue weighted by Gasteiger charge is -2.18. The molecule has 18 heavy (non-hydrogen) atoms. The van der Waals surface area contributed by atoms with Crippen molar-refractivity contribution in [2.75, 3.05) is 26.0 Å². The van der Waals surface area contributed by atoms with Gasteiger partial charge in [0.1, 0.15) is 5.75 Å². The molecule has 0 N–H and O–H groups in total. The lowest BCUT2D eigenvalue weighted by Crippen LogP contribution is -2.29. The SMILES string of the molecule is CCOc1ccccc1C(=O)N1CC[C@H](SC)C1. The molecule has 0 spiro atoms. The third kappa shape index (κ3) is 2.80. The van der Waals surface area contributed by atoms with Gasteiger partial charge in [-0.3, -0.25) is 4.79 Å². The van der Waals surface area contributed by atoms with Crippen molar-refractivity contribution in [2.45, 2.75) is 18.6 Å². The molecule has 0 aliphatic carbocycles. The fraction of sp³-hybridized carbons (Fsp3) is 0.500. The molecule has 1 aromatic rings. The van der Waals surface area contributed by atoms with Crippen LogP contribution in [0.4, 0.5) is 0 Å².